The van der Waals surface area contributed by atoms with Crippen LogP contribution in [0.3, 0.4) is 0 Å². The summed E-state index contributed by atoms with van der Waals surface area (Å²) in [6, 6.07) is 19.5. The molecule has 3 heteroatoms. The van der Waals surface area contributed by atoms with Gasteiger partial charge in [-0.05, 0) is 54.2 Å². The van der Waals surface area contributed by atoms with Crippen LogP contribution in [0.4, 0.5) is 0 Å². The monoisotopic (exact) mass is 304 g/mol. The summed E-state index contributed by atoms with van der Waals surface area (Å²) in [5, 5.41) is 10.5. The van der Waals surface area contributed by atoms with E-state index in [1.165, 1.54) is 26.1 Å². The van der Waals surface area contributed by atoms with E-state index in [-0.39, 0.29) is 6.04 Å². The summed E-state index contributed by atoms with van der Waals surface area (Å²) < 4.78 is 1.33. The van der Waals surface area contributed by atoms with Crippen molar-refractivity contribution in [2.24, 2.45) is 0 Å². The third-order valence-electron chi connectivity index (χ3n) is 4.46. The third kappa shape index (κ3) is 2.12. The smallest absolute Gasteiger partial charge is 0.0991 e. The maximum atomic E-state index is 9.22. The second-order valence-corrected chi connectivity index (χ2v) is 6.96. The van der Waals surface area contributed by atoms with Gasteiger partial charge in [0.2, 0.25) is 0 Å². The van der Waals surface area contributed by atoms with Crippen molar-refractivity contribution in [3.63, 3.8) is 0 Å². The number of thiophene rings is 1. The van der Waals surface area contributed by atoms with Crippen LogP contribution in [0.15, 0.2) is 48.5 Å². The van der Waals surface area contributed by atoms with Gasteiger partial charge in [0.1, 0.15) is 0 Å². The largest absolute Gasteiger partial charge is 0.294 e. The van der Waals surface area contributed by atoms with Gasteiger partial charge in [0.15, 0.2) is 0 Å². The van der Waals surface area contributed by atoms with Gasteiger partial charge < -0.3 is 0 Å². The summed E-state index contributed by atoms with van der Waals surface area (Å²) in [6.45, 7) is 1.05. The molecule has 2 nitrogen and oxygen atoms in total. The van der Waals surface area contributed by atoms with E-state index >= 15 is 0 Å². The molecule has 0 saturated carbocycles. The van der Waals surface area contributed by atoms with Gasteiger partial charge >= 0.3 is 0 Å². The normalized spacial score (nSPS) is 18.1. The second-order valence-electron chi connectivity index (χ2n) is 5.85. The Morgan fingerprint density at radius 3 is 2.86 bits per heavy atom. The quantitative estimate of drug-likeness (QED) is 0.668. The molecule has 2 aromatic carbocycles. The molecule has 1 aromatic heterocycles. The van der Waals surface area contributed by atoms with Gasteiger partial charge in [-0.15, -0.1) is 11.3 Å². The highest BCUT2D eigenvalue weighted by Gasteiger charge is 2.27. The van der Waals surface area contributed by atoms with Crippen LogP contribution in [0.25, 0.3) is 10.1 Å². The van der Waals surface area contributed by atoms with Crippen LogP contribution in [0.2, 0.25) is 0 Å². The highest BCUT2D eigenvalue weighted by atomic mass is 32.1. The van der Waals surface area contributed by atoms with Crippen molar-refractivity contribution in [1.29, 1.82) is 5.26 Å². The van der Waals surface area contributed by atoms with Crippen LogP contribution < -0.4 is 0 Å². The van der Waals surface area contributed by atoms with E-state index in [1.54, 1.807) is 0 Å². The molecule has 0 spiro atoms. The molecule has 108 valence electrons. The summed E-state index contributed by atoms with van der Waals surface area (Å²) in [6.07, 6.45) is 1.05. The van der Waals surface area contributed by atoms with E-state index in [1.807, 2.05) is 17.4 Å². The Morgan fingerprint density at radius 2 is 2.05 bits per heavy atom. The van der Waals surface area contributed by atoms with Crippen LogP contribution in [0.1, 0.15) is 27.6 Å². The number of rotatable bonds is 1. The maximum Gasteiger partial charge on any atom is 0.0991 e. The Morgan fingerprint density at radius 1 is 1.18 bits per heavy atom. The Kier molecular flexibility index (Phi) is 3.22. The molecule has 0 amide bonds. The number of fused-ring (bicyclic) bond motifs is 2. The fourth-order valence-electron chi connectivity index (χ4n) is 3.32. The summed E-state index contributed by atoms with van der Waals surface area (Å²) in [7, 11) is 2.18. The zero-order valence-electron chi connectivity index (χ0n) is 12.4. The van der Waals surface area contributed by atoms with Crippen molar-refractivity contribution in [2.45, 2.75) is 12.5 Å². The van der Waals surface area contributed by atoms with E-state index in [2.05, 4.69) is 60.5 Å². The molecule has 1 atom stereocenters. The van der Waals surface area contributed by atoms with E-state index < -0.39 is 0 Å². The minimum atomic E-state index is 0.259. The molecule has 0 fully saturated rings. The average molecular weight is 304 g/mol. The van der Waals surface area contributed by atoms with Crippen LogP contribution in [0, 0.1) is 11.3 Å². The predicted octanol–water partition coefficient (Wildman–Crippen LogP) is 4.35. The molecule has 0 aliphatic carbocycles. The number of nitriles is 1. The van der Waals surface area contributed by atoms with E-state index in [0.29, 0.717) is 0 Å². The number of benzene rings is 2. The van der Waals surface area contributed by atoms with Crippen LogP contribution in [-0.2, 0) is 6.42 Å². The highest BCUT2D eigenvalue weighted by Crippen LogP contribution is 2.39. The van der Waals surface area contributed by atoms with Crippen molar-refractivity contribution >= 4 is 21.4 Å². The van der Waals surface area contributed by atoms with Crippen molar-refractivity contribution in [3.8, 4) is 6.07 Å². The molecule has 1 unspecified atom stereocenters. The molecule has 0 bridgehead atoms. The molecule has 1 aliphatic heterocycles. The molecule has 4 rings (SSSR count). The SMILES string of the molecule is CN1CCc2ccc(C#N)cc2C1c1cc2ccccc2s1. The van der Waals surface area contributed by atoms with Crippen molar-refractivity contribution < 1.29 is 0 Å². The first kappa shape index (κ1) is 13.5. The minimum absolute atomic E-state index is 0.259. The maximum absolute atomic E-state index is 9.22. The average Bonchev–Trinajstić information content (AvgIpc) is 2.97. The van der Waals surface area contributed by atoms with Crippen LogP contribution >= 0.6 is 11.3 Å². The van der Waals surface area contributed by atoms with Crippen molar-refractivity contribution in [3.05, 3.63) is 70.1 Å². The van der Waals surface area contributed by atoms with Gasteiger partial charge in [0.25, 0.3) is 0 Å². The predicted molar refractivity (Wildman–Crippen MR) is 91.2 cm³/mol. The topological polar surface area (TPSA) is 27.0 Å². The molecule has 3 aromatic rings. The lowest BCUT2D eigenvalue weighted by Gasteiger charge is -2.34. The first-order valence-corrected chi connectivity index (χ1v) is 8.29. The second kappa shape index (κ2) is 5.24. The first-order chi connectivity index (χ1) is 10.8. The number of nitrogens with zero attached hydrogens (tertiary/aromatic N) is 2. The molecule has 2 heterocycles. The summed E-state index contributed by atoms with van der Waals surface area (Å²) in [4.78, 5) is 3.76. The number of hydrogen-bond acceptors (Lipinski definition) is 3. The molecule has 0 N–H and O–H groups in total. The Bertz CT molecular complexity index is 855. The van der Waals surface area contributed by atoms with Gasteiger partial charge in [0.05, 0.1) is 17.7 Å². The zero-order valence-corrected chi connectivity index (χ0v) is 13.2. The zero-order chi connectivity index (χ0) is 15.1. The van der Waals surface area contributed by atoms with Gasteiger partial charge in [-0.2, -0.15) is 5.26 Å². The molecular formula is C19H16N2S. The molecular weight excluding hydrogens is 288 g/mol. The van der Waals surface area contributed by atoms with Crippen LogP contribution in [-0.4, -0.2) is 18.5 Å². The lowest BCUT2D eigenvalue weighted by molar-refractivity contribution is 0.268. The van der Waals surface area contributed by atoms with Crippen molar-refractivity contribution in [2.75, 3.05) is 13.6 Å². The van der Waals surface area contributed by atoms with E-state index in [4.69, 9.17) is 0 Å². The minimum Gasteiger partial charge on any atom is -0.294 e. The Balaban J connectivity index is 1.89. The third-order valence-corrected chi connectivity index (χ3v) is 5.63. The van der Waals surface area contributed by atoms with Gasteiger partial charge in [-0.3, -0.25) is 4.90 Å². The van der Waals surface area contributed by atoms with Gasteiger partial charge in [-0.1, -0.05) is 24.3 Å². The Labute approximate surface area is 134 Å². The fourth-order valence-corrected chi connectivity index (χ4v) is 4.57. The summed E-state index contributed by atoms with van der Waals surface area (Å²) >= 11 is 1.86. The summed E-state index contributed by atoms with van der Waals surface area (Å²) in [5.74, 6) is 0. The lowest BCUT2D eigenvalue weighted by Crippen LogP contribution is -2.32. The molecule has 22 heavy (non-hydrogen) atoms. The molecule has 0 saturated heterocycles. The van der Waals surface area contributed by atoms with Gasteiger partial charge in [-0.25, -0.2) is 0 Å². The molecule has 0 radical (unpaired) electrons. The van der Waals surface area contributed by atoms with E-state index in [9.17, 15) is 5.26 Å². The standard InChI is InChI=1S/C19H16N2S/c1-21-9-8-14-7-6-13(12-20)10-16(14)19(21)18-11-15-4-2-3-5-17(15)22-18/h2-7,10-11,19H,8-9H2,1H3. The Hall–Kier alpha value is -2.15. The molecule has 1 aliphatic rings. The summed E-state index contributed by atoms with van der Waals surface area (Å²) in [5.41, 5.74) is 3.42. The van der Waals surface area contributed by atoms with E-state index in [0.717, 1.165) is 18.5 Å². The first-order valence-electron chi connectivity index (χ1n) is 7.48. The lowest BCUT2D eigenvalue weighted by atomic mass is 9.90. The number of likely N-dealkylation sites (N-methyl/N-ethyl adjacent to an activating group) is 1. The van der Waals surface area contributed by atoms with Crippen LogP contribution in [0.5, 0.6) is 0 Å². The highest BCUT2D eigenvalue weighted by molar-refractivity contribution is 7.19. The fraction of sp³-hybridized carbons (Fsp3) is 0.211. The van der Waals surface area contributed by atoms with Gasteiger partial charge in [0, 0.05) is 16.1 Å². The van der Waals surface area contributed by atoms with Crippen molar-refractivity contribution in [1.82, 2.24) is 4.90 Å². The number of hydrogen-bond donors (Lipinski definition) is 0.